The van der Waals surface area contributed by atoms with E-state index in [1.807, 2.05) is 6.92 Å². The van der Waals surface area contributed by atoms with Crippen molar-refractivity contribution in [2.75, 3.05) is 26.7 Å². The Hall–Kier alpha value is -2.76. The molecule has 1 unspecified atom stereocenters. The molecular formula is C25H36N6O4S. The van der Waals surface area contributed by atoms with Gasteiger partial charge in [0.05, 0.1) is 22.8 Å². The number of hydrogen-bond acceptors (Lipinski definition) is 7. The van der Waals surface area contributed by atoms with Crippen LogP contribution in [0.1, 0.15) is 55.7 Å². The lowest BCUT2D eigenvalue weighted by Gasteiger charge is -2.19. The summed E-state index contributed by atoms with van der Waals surface area (Å²) in [5, 5.41) is 4.33. The molecule has 0 saturated carbocycles. The Morgan fingerprint density at radius 3 is 2.86 bits per heavy atom. The predicted molar refractivity (Wildman–Crippen MR) is 140 cm³/mol. The van der Waals surface area contributed by atoms with Crippen LogP contribution in [-0.2, 0) is 23.5 Å². The van der Waals surface area contributed by atoms with Gasteiger partial charge in [-0.15, -0.1) is 0 Å². The van der Waals surface area contributed by atoms with Crippen LogP contribution in [0.5, 0.6) is 5.75 Å². The molecule has 2 N–H and O–H groups in total. The van der Waals surface area contributed by atoms with Crippen LogP contribution in [0.2, 0.25) is 0 Å². The molecule has 196 valence electrons. The van der Waals surface area contributed by atoms with E-state index in [0.29, 0.717) is 42.6 Å². The topological polar surface area (TPSA) is 122 Å². The SMILES string of the molecule is [2H]C([2H])([2H])CCc1nn(C)c2c(=O)[nH]c(-c3cc(S(=O)(=O)NCCC4CCCN4C)ccc3OCCC)nc12. The van der Waals surface area contributed by atoms with Gasteiger partial charge in [-0.2, -0.15) is 5.10 Å². The number of fused-ring (bicyclic) bond motifs is 1. The van der Waals surface area contributed by atoms with Crippen molar-refractivity contribution < 1.29 is 17.3 Å². The molecule has 0 radical (unpaired) electrons. The van der Waals surface area contributed by atoms with Crippen molar-refractivity contribution in [1.82, 2.24) is 29.4 Å². The molecule has 1 aromatic carbocycles. The number of benzene rings is 1. The zero-order chi connectivity index (χ0) is 28.4. The molecule has 0 spiro atoms. The molecule has 0 aliphatic carbocycles. The number of sulfonamides is 1. The standard InChI is InChI=1S/C25H36N6O4S/c1-5-8-20-22-23(31(4)29-20)25(32)28-24(27-22)19-16-18(10-11-21(19)35-15-6-2)36(33,34)26-13-12-17-9-7-14-30(17)3/h10-11,16-17,26H,5-9,12-15H2,1-4H3,(H,27,28,32)/i1D3. The molecule has 36 heavy (non-hydrogen) atoms. The highest BCUT2D eigenvalue weighted by molar-refractivity contribution is 7.89. The number of rotatable bonds is 11. The Bertz CT molecular complexity index is 1490. The normalized spacial score (nSPS) is 18.3. The summed E-state index contributed by atoms with van der Waals surface area (Å²) in [4.78, 5) is 22.7. The second-order valence-corrected chi connectivity index (χ2v) is 10.9. The summed E-state index contributed by atoms with van der Waals surface area (Å²) in [7, 11) is -0.198. The monoisotopic (exact) mass is 519 g/mol. The second-order valence-electron chi connectivity index (χ2n) is 9.15. The molecule has 0 bridgehead atoms. The van der Waals surface area contributed by atoms with Crippen molar-refractivity contribution in [3.05, 3.63) is 34.2 Å². The van der Waals surface area contributed by atoms with Crippen LogP contribution >= 0.6 is 0 Å². The molecule has 3 aromatic rings. The second kappa shape index (κ2) is 11.1. The van der Waals surface area contributed by atoms with Gasteiger partial charge in [-0.3, -0.25) is 9.48 Å². The summed E-state index contributed by atoms with van der Waals surface area (Å²) in [6.45, 7) is 1.51. The van der Waals surface area contributed by atoms with Crippen LogP contribution in [0.3, 0.4) is 0 Å². The van der Waals surface area contributed by atoms with Gasteiger partial charge in [0.1, 0.15) is 17.1 Å². The third kappa shape index (κ3) is 5.47. The average Bonchev–Trinajstić information content (AvgIpc) is 3.43. The first-order valence-electron chi connectivity index (χ1n) is 13.8. The van der Waals surface area contributed by atoms with Crippen molar-refractivity contribution in [2.24, 2.45) is 7.05 Å². The summed E-state index contributed by atoms with van der Waals surface area (Å²) >= 11 is 0. The van der Waals surface area contributed by atoms with E-state index in [0.717, 1.165) is 25.8 Å². The summed E-state index contributed by atoms with van der Waals surface area (Å²) in [6, 6.07) is 4.83. The summed E-state index contributed by atoms with van der Waals surface area (Å²) in [6.07, 6.45) is 3.59. The first-order valence-corrected chi connectivity index (χ1v) is 13.8. The highest BCUT2D eigenvalue weighted by Gasteiger charge is 2.23. The van der Waals surface area contributed by atoms with Gasteiger partial charge >= 0.3 is 0 Å². The minimum atomic E-state index is -3.84. The number of aryl methyl sites for hydroxylation is 2. The largest absolute Gasteiger partial charge is 0.493 e. The zero-order valence-corrected chi connectivity index (χ0v) is 21.8. The van der Waals surface area contributed by atoms with Crippen LogP contribution in [0.25, 0.3) is 22.4 Å². The van der Waals surface area contributed by atoms with Crippen molar-refractivity contribution in [3.8, 4) is 17.1 Å². The highest BCUT2D eigenvalue weighted by Crippen LogP contribution is 2.31. The number of ether oxygens (including phenoxy) is 1. The Labute approximate surface area is 216 Å². The van der Waals surface area contributed by atoms with Gasteiger partial charge in [-0.1, -0.05) is 20.2 Å². The van der Waals surface area contributed by atoms with E-state index in [1.165, 1.54) is 16.8 Å². The molecule has 11 heteroatoms. The minimum absolute atomic E-state index is 0.0256. The number of nitrogens with one attached hydrogen (secondary N) is 2. The number of aromatic nitrogens is 4. The van der Waals surface area contributed by atoms with Crippen LogP contribution in [0, 0.1) is 0 Å². The lowest BCUT2D eigenvalue weighted by Crippen LogP contribution is -2.31. The van der Waals surface area contributed by atoms with E-state index in [2.05, 4.69) is 31.7 Å². The van der Waals surface area contributed by atoms with Crippen LogP contribution in [0.4, 0.5) is 0 Å². The van der Waals surface area contributed by atoms with E-state index in [4.69, 9.17) is 8.85 Å². The smallest absolute Gasteiger partial charge is 0.277 e. The Morgan fingerprint density at radius 1 is 1.31 bits per heavy atom. The third-order valence-corrected chi connectivity index (χ3v) is 8.00. The average molecular weight is 520 g/mol. The molecule has 1 fully saturated rings. The molecule has 1 atom stereocenters. The first-order chi connectivity index (χ1) is 18.4. The Balaban J connectivity index is 1.70. The van der Waals surface area contributed by atoms with Crippen LogP contribution < -0.4 is 15.0 Å². The van der Waals surface area contributed by atoms with Crippen molar-refractivity contribution in [3.63, 3.8) is 0 Å². The van der Waals surface area contributed by atoms with Crippen LogP contribution in [-0.4, -0.2) is 65.9 Å². The van der Waals surface area contributed by atoms with E-state index in [1.54, 1.807) is 13.1 Å². The van der Waals surface area contributed by atoms with Gasteiger partial charge in [0, 0.05) is 23.7 Å². The fraction of sp³-hybridized carbons (Fsp3) is 0.560. The van der Waals surface area contributed by atoms with Gasteiger partial charge in [0.15, 0.2) is 5.52 Å². The fourth-order valence-electron chi connectivity index (χ4n) is 4.65. The van der Waals surface area contributed by atoms with E-state index in [9.17, 15) is 13.2 Å². The zero-order valence-electron chi connectivity index (χ0n) is 24.0. The maximum Gasteiger partial charge on any atom is 0.277 e. The molecule has 4 rings (SSSR count). The molecule has 1 aliphatic heterocycles. The van der Waals surface area contributed by atoms with E-state index < -0.39 is 22.4 Å². The number of aromatic amines is 1. The predicted octanol–water partition coefficient (Wildman–Crippen LogP) is 2.83. The number of hydrogen-bond donors (Lipinski definition) is 2. The molecule has 1 saturated heterocycles. The van der Waals surface area contributed by atoms with E-state index >= 15 is 0 Å². The quantitative estimate of drug-likeness (QED) is 0.399. The lowest BCUT2D eigenvalue weighted by atomic mass is 10.1. The molecule has 10 nitrogen and oxygen atoms in total. The first kappa shape index (κ1) is 22.4. The van der Waals surface area contributed by atoms with Crippen molar-refractivity contribution in [1.29, 1.82) is 0 Å². The Kier molecular flexibility index (Phi) is 6.92. The summed E-state index contributed by atoms with van der Waals surface area (Å²) in [5.74, 6) is 0.491. The van der Waals surface area contributed by atoms with E-state index in [-0.39, 0.29) is 34.6 Å². The number of H-pyrrole nitrogens is 1. The maximum atomic E-state index is 13.2. The number of likely N-dealkylation sites (tertiary alicyclic amines) is 1. The number of nitrogens with zero attached hydrogens (tertiary/aromatic N) is 4. The van der Waals surface area contributed by atoms with Gasteiger partial charge in [-0.25, -0.2) is 18.1 Å². The Morgan fingerprint density at radius 2 is 2.14 bits per heavy atom. The molecule has 3 heterocycles. The van der Waals surface area contributed by atoms with Gasteiger partial charge in [0.25, 0.3) is 5.56 Å². The van der Waals surface area contributed by atoms with Gasteiger partial charge < -0.3 is 14.6 Å². The third-order valence-electron chi connectivity index (χ3n) is 6.54. The molecular weight excluding hydrogens is 480 g/mol. The van der Waals surface area contributed by atoms with Gasteiger partial charge in [-0.05, 0) is 63.9 Å². The van der Waals surface area contributed by atoms with Crippen LogP contribution in [0.15, 0.2) is 27.9 Å². The highest BCUT2D eigenvalue weighted by atomic mass is 32.2. The molecule has 2 aromatic heterocycles. The van der Waals surface area contributed by atoms with Crippen molar-refractivity contribution in [2.45, 2.75) is 63.2 Å². The molecule has 0 amide bonds. The lowest BCUT2D eigenvalue weighted by molar-refractivity contribution is 0.297. The maximum absolute atomic E-state index is 13.2. The fourth-order valence-corrected chi connectivity index (χ4v) is 5.72. The summed E-state index contributed by atoms with van der Waals surface area (Å²) < 4.78 is 58.9. The molecule has 1 aliphatic rings. The minimum Gasteiger partial charge on any atom is -0.493 e. The summed E-state index contributed by atoms with van der Waals surface area (Å²) in [5.41, 5.74) is 0.700. The van der Waals surface area contributed by atoms with Gasteiger partial charge in [0.2, 0.25) is 10.0 Å². The van der Waals surface area contributed by atoms with Crippen molar-refractivity contribution >= 4 is 21.1 Å².